The maximum Gasteiger partial charge on any atom is 0.312 e. The van der Waals surface area contributed by atoms with E-state index in [0.717, 1.165) is 49.4 Å². The molecule has 1 aliphatic rings. The van der Waals surface area contributed by atoms with Crippen LogP contribution in [0.15, 0.2) is 24.4 Å². The third kappa shape index (κ3) is 3.36. The maximum absolute atomic E-state index is 10.9. The number of hydrogen-bond donors (Lipinski definition) is 3. The number of likely N-dealkylation sites (tertiary alicyclic amines) is 1. The van der Waals surface area contributed by atoms with E-state index in [1.165, 1.54) is 10.9 Å². The lowest BCUT2D eigenvalue weighted by molar-refractivity contribution is 0.196. The van der Waals surface area contributed by atoms with Crippen molar-refractivity contribution in [3.05, 3.63) is 35.0 Å². The van der Waals surface area contributed by atoms with Gasteiger partial charge in [0.25, 0.3) is 0 Å². The van der Waals surface area contributed by atoms with E-state index in [9.17, 15) is 4.79 Å². The zero-order chi connectivity index (χ0) is 15.5. The molecule has 2 heterocycles. The number of nitrogens with zero attached hydrogens (tertiary/aromatic N) is 1. The molecule has 0 spiro atoms. The third-order valence-corrected chi connectivity index (χ3v) is 4.70. The lowest BCUT2D eigenvalue weighted by atomic mass is 10.0. The maximum atomic E-state index is 10.9. The largest absolute Gasteiger partial charge is 0.360 e. The Kier molecular flexibility index (Phi) is 4.55. The molecule has 6 heteroatoms. The molecule has 1 aromatic heterocycles. The Bertz CT molecular complexity index is 661. The number of nitrogens with one attached hydrogen (secondary N) is 2. The van der Waals surface area contributed by atoms with E-state index in [2.05, 4.69) is 27.5 Å². The lowest BCUT2D eigenvalue weighted by Crippen LogP contribution is -2.46. The highest BCUT2D eigenvalue weighted by molar-refractivity contribution is 6.35. The van der Waals surface area contributed by atoms with Crippen molar-refractivity contribution in [3.63, 3.8) is 0 Å². The number of halogens is 1. The Labute approximate surface area is 134 Å². The number of nitrogens with two attached hydrogens (primary N) is 1. The minimum Gasteiger partial charge on any atom is -0.360 e. The van der Waals surface area contributed by atoms with Gasteiger partial charge in [0.15, 0.2) is 0 Å². The summed E-state index contributed by atoms with van der Waals surface area (Å²) in [6.45, 7) is 3.00. The van der Waals surface area contributed by atoms with Gasteiger partial charge in [-0.2, -0.15) is 0 Å². The summed E-state index contributed by atoms with van der Waals surface area (Å²) in [5, 5.41) is 4.77. The Morgan fingerprint density at radius 2 is 2.18 bits per heavy atom. The Hall–Kier alpha value is -1.72. The first-order valence-electron chi connectivity index (χ1n) is 7.66. The van der Waals surface area contributed by atoms with Gasteiger partial charge in [-0.15, -0.1) is 0 Å². The van der Waals surface area contributed by atoms with Crippen molar-refractivity contribution in [3.8, 4) is 0 Å². The molecular formula is C16H21ClN4O. The number of amides is 2. The number of para-hydroxylation sites is 1. The van der Waals surface area contributed by atoms with Gasteiger partial charge in [0.1, 0.15) is 0 Å². The van der Waals surface area contributed by atoms with Crippen molar-refractivity contribution in [2.75, 3.05) is 19.6 Å². The molecular weight excluding hydrogens is 300 g/mol. The summed E-state index contributed by atoms with van der Waals surface area (Å²) >= 11 is 6.19. The summed E-state index contributed by atoms with van der Waals surface area (Å²) in [4.78, 5) is 16.6. The number of benzene rings is 1. The second-order valence-electron chi connectivity index (χ2n) is 5.85. The quantitative estimate of drug-likeness (QED) is 0.809. The molecule has 118 valence electrons. The normalized spacial score (nSPS) is 17.0. The van der Waals surface area contributed by atoms with Crippen LogP contribution >= 0.6 is 11.6 Å². The summed E-state index contributed by atoms with van der Waals surface area (Å²) < 4.78 is 0. The van der Waals surface area contributed by atoms with Crippen molar-refractivity contribution in [2.24, 2.45) is 5.73 Å². The van der Waals surface area contributed by atoms with Crippen LogP contribution in [0.3, 0.4) is 0 Å². The average molecular weight is 321 g/mol. The van der Waals surface area contributed by atoms with Crippen LogP contribution in [0.5, 0.6) is 0 Å². The molecule has 0 atom stereocenters. The first-order valence-corrected chi connectivity index (χ1v) is 8.04. The fourth-order valence-corrected chi connectivity index (χ4v) is 3.39. The molecule has 22 heavy (non-hydrogen) atoms. The molecule has 0 aliphatic carbocycles. The summed E-state index contributed by atoms with van der Waals surface area (Å²) in [5.41, 5.74) is 7.49. The van der Waals surface area contributed by atoms with Gasteiger partial charge < -0.3 is 20.9 Å². The molecule has 1 saturated heterocycles. The van der Waals surface area contributed by atoms with Gasteiger partial charge >= 0.3 is 6.03 Å². The smallest absolute Gasteiger partial charge is 0.312 e. The number of hydrogen-bond acceptors (Lipinski definition) is 2. The minimum atomic E-state index is -0.422. The highest BCUT2D eigenvalue weighted by Gasteiger charge is 2.19. The second kappa shape index (κ2) is 6.58. The van der Waals surface area contributed by atoms with E-state index < -0.39 is 6.03 Å². The van der Waals surface area contributed by atoms with Crippen molar-refractivity contribution in [1.82, 2.24) is 15.2 Å². The highest BCUT2D eigenvalue weighted by Crippen LogP contribution is 2.25. The van der Waals surface area contributed by atoms with Crippen LogP contribution in [0.2, 0.25) is 5.02 Å². The van der Waals surface area contributed by atoms with Crippen molar-refractivity contribution < 1.29 is 4.79 Å². The third-order valence-electron chi connectivity index (χ3n) is 4.38. The lowest BCUT2D eigenvalue weighted by Gasteiger charge is -2.31. The number of carbonyl (C=O) groups excluding carboxylic acids is 1. The van der Waals surface area contributed by atoms with E-state index in [0.29, 0.717) is 0 Å². The summed E-state index contributed by atoms with van der Waals surface area (Å²) in [7, 11) is 0. The van der Waals surface area contributed by atoms with Crippen LogP contribution in [0.4, 0.5) is 4.79 Å². The molecule has 2 amide bonds. The molecule has 0 radical (unpaired) electrons. The number of H-pyrrole nitrogens is 1. The standard InChI is InChI=1S/C16H21ClN4O/c17-14-3-1-2-13-11(10-19-15(13)14)4-7-21-8-5-12(6-9-21)20-16(18)22/h1-3,10,12,19H,4-9H2,(H3,18,20,22). The first kappa shape index (κ1) is 15.2. The van der Waals surface area contributed by atoms with E-state index >= 15 is 0 Å². The Morgan fingerprint density at radius 3 is 2.91 bits per heavy atom. The van der Waals surface area contributed by atoms with E-state index in [1.54, 1.807) is 0 Å². The molecule has 4 N–H and O–H groups in total. The van der Waals surface area contributed by atoms with Gasteiger partial charge in [-0.3, -0.25) is 0 Å². The molecule has 3 rings (SSSR count). The molecule has 0 saturated carbocycles. The molecule has 2 aromatic rings. The molecule has 1 aromatic carbocycles. The molecule has 1 aliphatic heterocycles. The van der Waals surface area contributed by atoms with Crippen LogP contribution in [0.25, 0.3) is 10.9 Å². The van der Waals surface area contributed by atoms with E-state index in [4.69, 9.17) is 17.3 Å². The van der Waals surface area contributed by atoms with Crippen LogP contribution < -0.4 is 11.1 Å². The fraction of sp³-hybridized carbons (Fsp3) is 0.438. The number of aromatic nitrogens is 1. The van der Waals surface area contributed by atoms with Crippen LogP contribution in [-0.2, 0) is 6.42 Å². The number of aromatic amines is 1. The van der Waals surface area contributed by atoms with Crippen molar-refractivity contribution >= 4 is 28.5 Å². The molecule has 0 unspecified atom stereocenters. The Balaban J connectivity index is 1.55. The van der Waals surface area contributed by atoms with Gasteiger partial charge in [0.05, 0.1) is 10.5 Å². The summed E-state index contributed by atoms with van der Waals surface area (Å²) in [6, 6.07) is 5.80. The molecule has 5 nitrogen and oxygen atoms in total. The number of rotatable bonds is 4. The van der Waals surface area contributed by atoms with Crippen molar-refractivity contribution in [1.29, 1.82) is 0 Å². The number of fused-ring (bicyclic) bond motifs is 1. The van der Waals surface area contributed by atoms with E-state index in [-0.39, 0.29) is 6.04 Å². The zero-order valence-corrected chi connectivity index (χ0v) is 13.2. The minimum absolute atomic E-state index is 0.223. The predicted octanol–water partition coefficient (Wildman–Crippen LogP) is 2.50. The monoisotopic (exact) mass is 320 g/mol. The van der Waals surface area contributed by atoms with Gasteiger partial charge in [-0.25, -0.2) is 4.79 Å². The van der Waals surface area contributed by atoms with Gasteiger partial charge in [0.2, 0.25) is 0 Å². The number of carbonyl (C=O) groups is 1. The van der Waals surface area contributed by atoms with E-state index in [1.807, 2.05) is 12.1 Å². The van der Waals surface area contributed by atoms with Crippen LogP contribution in [0.1, 0.15) is 18.4 Å². The topological polar surface area (TPSA) is 74.2 Å². The fourth-order valence-electron chi connectivity index (χ4n) is 3.16. The number of piperidine rings is 1. The average Bonchev–Trinajstić information content (AvgIpc) is 2.91. The highest BCUT2D eigenvalue weighted by atomic mass is 35.5. The van der Waals surface area contributed by atoms with Gasteiger partial charge in [0, 0.05) is 37.3 Å². The van der Waals surface area contributed by atoms with Gasteiger partial charge in [-0.1, -0.05) is 23.7 Å². The SMILES string of the molecule is NC(=O)NC1CCN(CCc2c[nH]c3c(Cl)cccc23)CC1. The molecule has 0 bridgehead atoms. The predicted molar refractivity (Wildman–Crippen MR) is 89.2 cm³/mol. The number of urea groups is 1. The zero-order valence-electron chi connectivity index (χ0n) is 12.4. The van der Waals surface area contributed by atoms with Crippen LogP contribution in [-0.4, -0.2) is 41.6 Å². The summed E-state index contributed by atoms with van der Waals surface area (Å²) in [6.07, 6.45) is 4.97. The van der Waals surface area contributed by atoms with Crippen molar-refractivity contribution in [2.45, 2.75) is 25.3 Å². The van der Waals surface area contributed by atoms with Gasteiger partial charge in [-0.05, 0) is 30.9 Å². The molecule has 1 fully saturated rings. The van der Waals surface area contributed by atoms with Crippen LogP contribution in [0, 0.1) is 0 Å². The first-order chi connectivity index (χ1) is 10.6. The Morgan fingerprint density at radius 1 is 1.41 bits per heavy atom. The summed E-state index contributed by atoms with van der Waals surface area (Å²) in [5.74, 6) is 0. The second-order valence-corrected chi connectivity index (χ2v) is 6.26. The number of primary amides is 1.